The van der Waals surface area contributed by atoms with Crippen LogP contribution in [0.15, 0.2) is 58.3 Å². The monoisotopic (exact) mass is 436 g/mol. The van der Waals surface area contributed by atoms with Gasteiger partial charge in [0, 0.05) is 22.3 Å². The summed E-state index contributed by atoms with van der Waals surface area (Å²) in [5, 5.41) is 26.1. The van der Waals surface area contributed by atoms with Crippen LogP contribution in [0.5, 0.6) is 0 Å². The first-order chi connectivity index (χ1) is 14.2. The number of carbonyl (C=O) groups excluding carboxylic acids is 1. The summed E-state index contributed by atoms with van der Waals surface area (Å²) in [6, 6.07) is 16.7. The standard InChI is InChI=1S/C19H12N6OS3/c20-9-12-1-3-13(4-2-12)10-27-19-24-23-18(29-19)21-17(26)15-7-5-14(6-8-15)16-11-28-25-22-16/h1-8,11H,10H2,(H,21,23,26). The maximum atomic E-state index is 12.4. The lowest BCUT2D eigenvalue weighted by Gasteiger charge is -2.02. The number of rotatable bonds is 6. The minimum Gasteiger partial charge on any atom is -0.296 e. The van der Waals surface area contributed by atoms with Gasteiger partial charge in [-0.25, -0.2) is 0 Å². The highest BCUT2D eigenvalue weighted by Crippen LogP contribution is 2.28. The number of nitrogens with zero attached hydrogens (tertiary/aromatic N) is 5. The van der Waals surface area contributed by atoms with E-state index < -0.39 is 0 Å². The maximum absolute atomic E-state index is 12.4. The lowest BCUT2D eigenvalue weighted by molar-refractivity contribution is 0.102. The first-order valence-corrected chi connectivity index (χ1v) is 11.0. The van der Waals surface area contributed by atoms with Crippen molar-refractivity contribution >= 4 is 45.7 Å². The second-order valence-electron chi connectivity index (χ2n) is 5.79. The van der Waals surface area contributed by atoms with Gasteiger partial charge in [0.05, 0.1) is 11.6 Å². The molecule has 2 heterocycles. The Bertz CT molecular complexity index is 1150. The summed E-state index contributed by atoms with van der Waals surface area (Å²) in [5.74, 6) is 0.467. The average molecular weight is 437 g/mol. The molecule has 0 atom stereocenters. The molecule has 1 amide bonds. The Morgan fingerprint density at radius 2 is 1.86 bits per heavy atom. The molecule has 0 saturated heterocycles. The number of nitriles is 1. The predicted octanol–water partition coefficient (Wildman–Crippen LogP) is 4.47. The van der Waals surface area contributed by atoms with Gasteiger partial charge >= 0.3 is 0 Å². The van der Waals surface area contributed by atoms with E-state index in [1.165, 1.54) is 34.6 Å². The molecule has 0 unspecified atom stereocenters. The Hall–Kier alpha value is -3.13. The highest BCUT2D eigenvalue weighted by Gasteiger charge is 2.11. The topological polar surface area (TPSA) is 104 Å². The Morgan fingerprint density at radius 1 is 1.07 bits per heavy atom. The molecule has 4 aromatic rings. The van der Waals surface area contributed by atoms with Crippen molar-refractivity contribution in [1.29, 1.82) is 5.26 Å². The number of anilines is 1. The third kappa shape index (κ3) is 4.83. The molecule has 2 aromatic heterocycles. The quantitative estimate of drug-likeness (QED) is 0.351. The summed E-state index contributed by atoms with van der Waals surface area (Å²) in [4.78, 5) is 12.4. The van der Waals surface area contributed by atoms with Crippen molar-refractivity contribution in [2.75, 3.05) is 5.32 Å². The number of aromatic nitrogens is 4. The fraction of sp³-hybridized carbons (Fsp3) is 0.0526. The van der Waals surface area contributed by atoms with Crippen LogP contribution in [0.4, 0.5) is 5.13 Å². The molecular weight excluding hydrogens is 424 g/mol. The van der Waals surface area contributed by atoms with Crippen molar-refractivity contribution in [3.63, 3.8) is 0 Å². The van der Waals surface area contributed by atoms with Crippen molar-refractivity contribution in [2.24, 2.45) is 0 Å². The van der Waals surface area contributed by atoms with Gasteiger partial charge in [0.2, 0.25) is 5.13 Å². The number of hydrogen-bond donors (Lipinski definition) is 1. The van der Waals surface area contributed by atoms with Crippen molar-refractivity contribution < 1.29 is 4.79 Å². The molecule has 7 nitrogen and oxygen atoms in total. The molecule has 2 aromatic carbocycles. The van der Waals surface area contributed by atoms with Crippen LogP contribution in [-0.4, -0.2) is 25.7 Å². The smallest absolute Gasteiger partial charge is 0.257 e. The third-order valence-corrected chi connectivity index (χ3v) is 6.42. The number of benzene rings is 2. The van der Waals surface area contributed by atoms with Gasteiger partial charge in [-0.1, -0.05) is 51.9 Å². The SMILES string of the molecule is N#Cc1ccc(CSc2nnc(NC(=O)c3ccc(-c4csnn4)cc3)s2)cc1. The normalized spacial score (nSPS) is 10.4. The molecule has 0 aliphatic rings. The zero-order valence-electron chi connectivity index (χ0n) is 14.8. The fourth-order valence-corrected chi connectivity index (χ4v) is 4.56. The van der Waals surface area contributed by atoms with E-state index in [4.69, 9.17) is 5.26 Å². The molecule has 0 fully saturated rings. The number of amides is 1. The van der Waals surface area contributed by atoms with Crippen LogP contribution < -0.4 is 5.32 Å². The van der Waals surface area contributed by atoms with Crippen LogP contribution >= 0.6 is 34.6 Å². The number of carbonyl (C=O) groups is 1. The van der Waals surface area contributed by atoms with E-state index in [2.05, 4.69) is 31.2 Å². The first-order valence-electron chi connectivity index (χ1n) is 8.35. The number of hydrogen-bond acceptors (Lipinski definition) is 9. The summed E-state index contributed by atoms with van der Waals surface area (Å²) in [6.45, 7) is 0. The fourth-order valence-electron chi connectivity index (χ4n) is 2.39. The van der Waals surface area contributed by atoms with Crippen molar-refractivity contribution in [2.45, 2.75) is 10.1 Å². The van der Waals surface area contributed by atoms with Gasteiger partial charge in [-0.15, -0.1) is 15.3 Å². The van der Waals surface area contributed by atoms with Gasteiger partial charge in [0.25, 0.3) is 5.91 Å². The summed E-state index contributed by atoms with van der Waals surface area (Å²) in [6.07, 6.45) is 0. The summed E-state index contributed by atoms with van der Waals surface area (Å²) < 4.78 is 4.60. The molecular formula is C19H12N6OS3. The molecule has 0 aliphatic heterocycles. The lowest BCUT2D eigenvalue weighted by Crippen LogP contribution is -2.11. The Labute approximate surface area is 178 Å². The van der Waals surface area contributed by atoms with E-state index in [1.54, 1.807) is 24.3 Å². The van der Waals surface area contributed by atoms with Crippen LogP contribution in [0.2, 0.25) is 0 Å². The van der Waals surface area contributed by atoms with Gasteiger partial charge in [-0.2, -0.15) is 5.26 Å². The molecule has 0 aliphatic carbocycles. The first kappa shape index (κ1) is 19.2. The van der Waals surface area contributed by atoms with Gasteiger partial charge < -0.3 is 0 Å². The minimum absolute atomic E-state index is 0.243. The highest BCUT2D eigenvalue weighted by atomic mass is 32.2. The Morgan fingerprint density at radius 3 is 2.55 bits per heavy atom. The number of nitrogens with one attached hydrogen (secondary N) is 1. The number of thioether (sulfide) groups is 1. The second-order valence-corrected chi connectivity index (χ2v) is 8.60. The summed E-state index contributed by atoms with van der Waals surface area (Å²) in [7, 11) is 0. The van der Waals surface area contributed by atoms with Crippen molar-refractivity contribution in [1.82, 2.24) is 19.8 Å². The van der Waals surface area contributed by atoms with E-state index in [0.717, 1.165) is 21.2 Å². The van der Waals surface area contributed by atoms with Crippen molar-refractivity contribution in [3.8, 4) is 17.3 Å². The summed E-state index contributed by atoms with van der Waals surface area (Å²) in [5.41, 5.74) is 3.95. The van der Waals surface area contributed by atoms with Gasteiger partial charge in [0.1, 0.15) is 5.69 Å². The molecule has 0 bridgehead atoms. The molecule has 29 heavy (non-hydrogen) atoms. The molecule has 10 heteroatoms. The molecule has 1 N–H and O–H groups in total. The molecule has 0 radical (unpaired) electrons. The molecule has 0 saturated carbocycles. The minimum atomic E-state index is -0.243. The molecule has 4 rings (SSSR count). The molecule has 0 spiro atoms. The Balaban J connectivity index is 1.34. The third-order valence-electron chi connectivity index (χ3n) is 3.88. The predicted molar refractivity (Wildman–Crippen MR) is 114 cm³/mol. The zero-order chi connectivity index (χ0) is 20.1. The Kier molecular flexibility index (Phi) is 5.90. The highest BCUT2D eigenvalue weighted by molar-refractivity contribution is 8.00. The maximum Gasteiger partial charge on any atom is 0.257 e. The molecule has 142 valence electrons. The van der Waals surface area contributed by atoms with Crippen molar-refractivity contribution in [3.05, 3.63) is 70.6 Å². The van der Waals surface area contributed by atoms with Crippen LogP contribution in [0, 0.1) is 11.3 Å². The van der Waals surface area contributed by atoms with Crippen LogP contribution in [0.25, 0.3) is 11.3 Å². The van der Waals surface area contributed by atoms with Crippen LogP contribution in [-0.2, 0) is 5.75 Å². The van der Waals surface area contributed by atoms with E-state index >= 15 is 0 Å². The zero-order valence-corrected chi connectivity index (χ0v) is 17.2. The van der Waals surface area contributed by atoms with Crippen LogP contribution in [0.3, 0.4) is 0 Å². The van der Waals surface area contributed by atoms with E-state index in [0.29, 0.717) is 22.0 Å². The van der Waals surface area contributed by atoms with Gasteiger partial charge in [-0.05, 0) is 41.4 Å². The summed E-state index contributed by atoms with van der Waals surface area (Å²) >= 11 is 4.14. The van der Waals surface area contributed by atoms with Gasteiger partial charge in [0.15, 0.2) is 4.34 Å². The van der Waals surface area contributed by atoms with E-state index in [-0.39, 0.29) is 5.91 Å². The van der Waals surface area contributed by atoms with Crippen LogP contribution in [0.1, 0.15) is 21.5 Å². The van der Waals surface area contributed by atoms with E-state index in [9.17, 15) is 4.79 Å². The van der Waals surface area contributed by atoms with E-state index in [1.807, 2.05) is 29.6 Å². The lowest BCUT2D eigenvalue weighted by atomic mass is 10.1. The second kappa shape index (κ2) is 8.91. The van der Waals surface area contributed by atoms with Gasteiger partial charge in [-0.3, -0.25) is 10.1 Å². The average Bonchev–Trinajstić information content (AvgIpc) is 3.45. The largest absolute Gasteiger partial charge is 0.296 e.